The molecule has 0 N–H and O–H groups in total. The lowest BCUT2D eigenvalue weighted by Crippen LogP contribution is -1.82. The van der Waals surface area contributed by atoms with Gasteiger partial charge in [0, 0.05) is 0 Å². The number of carbonyl (C=O) groups excluding carboxylic acids is 2. The van der Waals surface area contributed by atoms with Crippen molar-refractivity contribution in [2.75, 3.05) is 0 Å². The van der Waals surface area contributed by atoms with Gasteiger partial charge in [0.05, 0.1) is 11.8 Å². The Morgan fingerprint density at radius 1 is 1.45 bits per heavy atom. The van der Waals surface area contributed by atoms with Gasteiger partial charge in [0.15, 0.2) is 6.29 Å². The highest BCUT2D eigenvalue weighted by Crippen LogP contribution is 2.10. The number of hydrogen-bond acceptors (Lipinski definition) is 3. The van der Waals surface area contributed by atoms with Crippen LogP contribution in [0.15, 0.2) is 28.9 Å². The Labute approximate surface area is 63.3 Å². The SMILES string of the molecule is O=C/C=C(/C=O)c1ccco1. The van der Waals surface area contributed by atoms with Gasteiger partial charge in [-0.15, -0.1) is 0 Å². The van der Waals surface area contributed by atoms with E-state index in [4.69, 9.17) is 4.42 Å². The van der Waals surface area contributed by atoms with Crippen LogP contribution in [-0.4, -0.2) is 12.6 Å². The van der Waals surface area contributed by atoms with E-state index in [9.17, 15) is 9.59 Å². The van der Waals surface area contributed by atoms with E-state index in [1.54, 1.807) is 12.1 Å². The third kappa shape index (κ3) is 1.64. The zero-order chi connectivity index (χ0) is 8.10. The van der Waals surface area contributed by atoms with E-state index in [0.29, 0.717) is 18.3 Å². The van der Waals surface area contributed by atoms with Crippen molar-refractivity contribution in [2.24, 2.45) is 0 Å². The fourth-order valence-corrected chi connectivity index (χ4v) is 0.696. The molecule has 0 aliphatic heterocycles. The molecular weight excluding hydrogens is 144 g/mol. The quantitative estimate of drug-likeness (QED) is 0.478. The van der Waals surface area contributed by atoms with Crippen LogP contribution in [0.5, 0.6) is 0 Å². The van der Waals surface area contributed by atoms with Crippen molar-refractivity contribution in [3.05, 3.63) is 30.2 Å². The molecule has 56 valence electrons. The zero-order valence-corrected chi connectivity index (χ0v) is 5.69. The van der Waals surface area contributed by atoms with Crippen LogP contribution in [-0.2, 0) is 9.59 Å². The first-order valence-electron chi connectivity index (χ1n) is 3.03. The molecule has 3 heteroatoms. The fraction of sp³-hybridized carbons (Fsp3) is 0. The van der Waals surface area contributed by atoms with Gasteiger partial charge < -0.3 is 4.42 Å². The molecule has 0 bridgehead atoms. The highest BCUT2D eigenvalue weighted by Gasteiger charge is 2.00. The lowest BCUT2D eigenvalue weighted by atomic mass is 10.2. The maximum Gasteiger partial charge on any atom is 0.153 e. The summed E-state index contributed by atoms with van der Waals surface area (Å²) in [4.78, 5) is 20.3. The molecule has 1 aromatic heterocycles. The van der Waals surface area contributed by atoms with E-state index in [1.165, 1.54) is 6.26 Å². The Hall–Kier alpha value is -1.64. The smallest absolute Gasteiger partial charge is 0.153 e. The van der Waals surface area contributed by atoms with Crippen LogP contribution in [0, 0.1) is 0 Å². The molecule has 1 heterocycles. The maximum absolute atomic E-state index is 10.3. The summed E-state index contributed by atoms with van der Waals surface area (Å²) < 4.78 is 4.88. The van der Waals surface area contributed by atoms with Crippen LogP contribution < -0.4 is 0 Å². The second kappa shape index (κ2) is 3.51. The molecule has 0 amide bonds. The van der Waals surface area contributed by atoms with Gasteiger partial charge in [-0.2, -0.15) is 0 Å². The van der Waals surface area contributed by atoms with Gasteiger partial charge in [-0.05, 0) is 18.2 Å². The average molecular weight is 150 g/mol. The summed E-state index contributed by atoms with van der Waals surface area (Å²) in [7, 11) is 0. The standard InChI is InChI=1S/C8H6O3/c9-4-3-7(6-10)8-2-1-5-11-8/h1-6H/b7-3-. The molecule has 0 fully saturated rings. The second-order valence-corrected chi connectivity index (χ2v) is 1.85. The summed E-state index contributed by atoms with van der Waals surface area (Å²) >= 11 is 0. The minimum Gasteiger partial charge on any atom is -0.464 e. The topological polar surface area (TPSA) is 47.3 Å². The van der Waals surface area contributed by atoms with Crippen LogP contribution in [0.1, 0.15) is 5.76 Å². The normalized spacial score (nSPS) is 11.1. The van der Waals surface area contributed by atoms with Crippen LogP contribution >= 0.6 is 0 Å². The molecule has 1 rings (SSSR count). The third-order valence-corrected chi connectivity index (χ3v) is 1.18. The first kappa shape index (κ1) is 7.47. The molecule has 0 atom stereocenters. The van der Waals surface area contributed by atoms with Crippen molar-refractivity contribution >= 4 is 18.1 Å². The number of aldehydes is 2. The first-order valence-corrected chi connectivity index (χ1v) is 3.03. The van der Waals surface area contributed by atoms with Crippen LogP contribution in [0.4, 0.5) is 0 Å². The summed E-state index contributed by atoms with van der Waals surface area (Å²) in [5, 5.41) is 0. The van der Waals surface area contributed by atoms with Gasteiger partial charge in [0.2, 0.25) is 0 Å². The molecular formula is C8H6O3. The van der Waals surface area contributed by atoms with Crippen LogP contribution in [0.3, 0.4) is 0 Å². The molecule has 0 saturated heterocycles. The van der Waals surface area contributed by atoms with Gasteiger partial charge in [0.1, 0.15) is 12.0 Å². The third-order valence-electron chi connectivity index (χ3n) is 1.18. The molecule has 0 aromatic carbocycles. The molecule has 0 saturated carbocycles. The summed E-state index contributed by atoms with van der Waals surface area (Å²) in [5.41, 5.74) is 0.255. The Bertz CT molecular complexity index is 270. The molecule has 0 aliphatic carbocycles. The molecule has 1 aromatic rings. The maximum atomic E-state index is 10.3. The minimum atomic E-state index is 0.255. The van der Waals surface area contributed by atoms with E-state index in [-0.39, 0.29) is 5.57 Å². The zero-order valence-electron chi connectivity index (χ0n) is 5.69. The number of carbonyl (C=O) groups is 2. The van der Waals surface area contributed by atoms with Crippen LogP contribution in [0.25, 0.3) is 5.57 Å². The Balaban J connectivity index is 2.97. The van der Waals surface area contributed by atoms with E-state index >= 15 is 0 Å². The number of hydrogen-bond donors (Lipinski definition) is 0. The molecule has 0 aliphatic rings. The van der Waals surface area contributed by atoms with Crippen molar-refractivity contribution in [1.82, 2.24) is 0 Å². The molecule has 3 nitrogen and oxygen atoms in total. The number of rotatable bonds is 3. The van der Waals surface area contributed by atoms with E-state index in [0.717, 1.165) is 6.08 Å². The van der Waals surface area contributed by atoms with Crippen molar-refractivity contribution in [1.29, 1.82) is 0 Å². The summed E-state index contributed by atoms with van der Waals surface area (Å²) in [6.45, 7) is 0. The van der Waals surface area contributed by atoms with E-state index < -0.39 is 0 Å². The van der Waals surface area contributed by atoms with Gasteiger partial charge in [-0.25, -0.2) is 0 Å². The van der Waals surface area contributed by atoms with Gasteiger partial charge in [-0.3, -0.25) is 9.59 Å². The second-order valence-electron chi connectivity index (χ2n) is 1.85. The van der Waals surface area contributed by atoms with Gasteiger partial charge >= 0.3 is 0 Å². The Kier molecular flexibility index (Phi) is 2.38. The number of allylic oxidation sites excluding steroid dienone is 2. The average Bonchev–Trinajstić information content (AvgIpc) is 2.52. The fourth-order valence-electron chi connectivity index (χ4n) is 0.696. The van der Waals surface area contributed by atoms with E-state index in [2.05, 4.69) is 0 Å². The summed E-state index contributed by atoms with van der Waals surface area (Å²) in [5.74, 6) is 0.409. The van der Waals surface area contributed by atoms with Crippen molar-refractivity contribution in [2.45, 2.75) is 0 Å². The largest absolute Gasteiger partial charge is 0.464 e. The molecule has 11 heavy (non-hydrogen) atoms. The molecule has 0 spiro atoms. The predicted octanol–water partition coefficient (Wildman–Crippen LogP) is 1.06. The summed E-state index contributed by atoms with van der Waals surface area (Å²) in [6, 6.07) is 3.27. The molecule has 0 radical (unpaired) electrons. The van der Waals surface area contributed by atoms with Crippen molar-refractivity contribution in [3.63, 3.8) is 0 Å². The lowest BCUT2D eigenvalue weighted by molar-refractivity contribution is -0.105. The molecule has 0 unspecified atom stereocenters. The lowest BCUT2D eigenvalue weighted by Gasteiger charge is -1.88. The highest BCUT2D eigenvalue weighted by atomic mass is 16.3. The van der Waals surface area contributed by atoms with Crippen LogP contribution in [0.2, 0.25) is 0 Å². The monoisotopic (exact) mass is 150 g/mol. The van der Waals surface area contributed by atoms with E-state index in [1.807, 2.05) is 0 Å². The van der Waals surface area contributed by atoms with Crippen molar-refractivity contribution in [3.8, 4) is 0 Å². The van der Waals surface area contributed by atoms with Gasteiger partial charge in [-0.1, -0.05) is 0 Å². The van der Waals surface area contributed by atoms with Gasteiger partial charge in [0.25, 0.3) is 0 Å². The Morgan fingerprint density at radius 3 is 2.73 bits per heavy atom. The van der Waals surface area contributed by atoms with Crippen molar-refractivity contribution < 1.29 is 14.0 Å². The highest BCUT2D eigenvalue weighted by molar-refractivity contribution is 6.09. The summed E-state index contributed by atoms with van der Waals surface area (Å²) in [6.07, 6.45) is 3.72. The minimum absolute atomic E-state index is 0.255. The number of furan rings is 1. The predicted molar refractivity (Wildman–Crippen MR) is 38.8 cm³/mol. The Morgan fingerprint density at radius 2 is 2.27 bits per heavy atom. The first-order chi connectivity index (χ1) is 5.38.